The van der Waals surface area contributed by atoms with E-state index >= 15 is 0 Å². The molecule has 0 unspecified atom stereocenters. The Bertz CT molecular complexity index is 916. The first-order valence-electron chi connectivity index (χ1n) is 8.94. The van der Waals surface area contributed by atoms with Crippen LogP contribution in [0.4, 0.5) is 0 Å². The van der Waals surface area contributed by atoms with E-state index in [1.54, 1.807) is 42.6 Å². The fourth-order valence-corrected chi connectivity index (χ4v) is 2.95. The smallest absolute Gasteiger partial charge is 0.545 e. The number of aliphatic hydroxyl groups is 1. The van der Waals surface area contributed by atoms with Gasteiger partial charge in [-0.25, -0.2) is 4.98 Å². The van der Waals surface area contributed by atoms with Crippen LogP contribution in [0.5, 0.6) is 0 Å². The minimum absolute atomic E-state index is 0. The molecule has 0 bridgehead atoms. The zero-order valence-corrected chi connectivity index (χ0v) is 18.9. The average Bonchev–Trinajstić information content (AvgIpc) is 2.72. The summed E-state index contributed by atoms with van der Waals surface area (Å²) in [6, 6.07) is 18.2. The maximum atomic E-state index is 10.8. The molecule has 0 fully saturated rings. The van der Waals surface area contributed by atoms with Crippen LogP contribution < -0.4 is 40.0 Å². The fraction of sp³-hybridized carbons (Fsp3) is 0.182. The number of carboxylic acids is 1. The second kappa shape index (κ2) is 11.5. The Balaban J connectivity index is 0.00000300. The van der Waals surface area contributed by atoms with Gasteiger partial charge >= 0.3 is 29.6 Å². The first-order chi connectivity index (χ1) is 13.5. The van der Waals surface area contributed by atoms with E-state index in [2.05, 4.69) is 10.3 Å². The maximum absolute atomic E-state index is 10.8. The summed E-state index contributed by atoms with van der Waals surface area (Å²) >= 11 is 5.75. The van der Waals surface area contributed by atoms with E-state index in [1.165, 1.54) is 5.56 Å². The molecule has 1 heterocycles. The van der Waals surface area contributed by atoms with E-state index in [0.29, 0.717) is 11.7 Å². The zero-order chi connectivity index (χ0) is 19.9. The number of aliphatic hydroxyl groups excluding tert-OH is 1. The summed E-state index contributed by atoms with van der Waals surface area (Å²) in [5.41, 5.74) is 4.04. The Morgan fingerprint density at radius 3 is 2.21 bits per heavy atom. The molecule has 5 nitrogen and oxygen atoms in total. The second-order valence-corrected chi connectivity index (χ2v) is 6.83. The molecule has 1 aromatic heterocycles. The molecule has 3 aromatic rings. The number of benzene rings is 2. The van der Waals surface area contributed by atoms with Crippen molar-refractivity contribution in [3.8, 4) is 11.1 Å². The Hall–Kier alpha value is -1.73. The molecule has 0 aliphatic carbocycles. The number of nitrogens with zero attached hydrogens (tertiary/aromatic N) is 1. The summed E-state index contributed by atoms with van der Waals surface area (Å²) in [6.07, 6.45) is 1.78. The minimum atomic E-state index is -1.17. The third-order valence-corrected chi connectivity index (χ3v) is 4.69. The largest absolute Gasteiger partial charge is 1.00 e. The standard InChI is InChI=1S/C22H21ClN2O3.Na/c23-21-10-9-19(13-25-21)20(26)14-24-12-11-15-1-3-16(4-2-15)17-5-7-18(8-6-17)22(27)28;/h1-10,13,20,24,26H,11-12,14H2,(H,27,28);/q;+1/p-1/t20-;/m0./s1. The van der Waals surface area contributed by atoms with Crippen LogP contribution in [0.3, 0.4) is 0 Å². The molecule has 29 heavy (non-hydrogen) atoms. The normalized spacial score (nSPS) is 11.5. The van der Waals surface area contributed by atoms with E-state index in [4.69, 9.17) is 11.6 Å². The van der Waals surface area contributed by atoms with Gasteiger partial charge in [-0.15, -0.1) is 0 Å². The molecule has 0 spiro atoms. The summed E-state index contributed by atoms with van der Waals surface area (Å²) in [6.45, 7) is 1.17. The van der Waals surface area contributed by atoms with Crippen LogP contribution in [-0.4, -0.2) is 29.1 Å². The number of nitrogens with one attached hydrogen (secondary N) is 1. The quantitative estimate of drug-likeness (QED) is 0.296. The van der Waals surface area contributed by atoms with Gasteiger partial charge in [0, 0.05) is 18.3 Å². The number of rotatable bonds is 8. The molecule has 144 valence electrons. The van der Waals surface area contributed by atoms with Crippen molar-refractivity contribution in [1.82, 2.24) is 10.3 Å². The molecule has 7 heteroatoms. The van der Waals surface area contributed by atoms with Gasteiger partial charge in [0.25, 0.3) is 0 Å². The molecule has 0 radical (unpaired) electrons. The third kappa shape index (κ3) is 6.93. The number of carbonyl (C=O) groups is 1. The monoisotopic (exact) mass is 418 g/mol. The van der Waals surface area contributed by atoms with Crippen LogP contribution in [-0.2, 0) is 6.42 Å². The molecular weight excluding hydrogens is 399 g/mol. The van der Waals surface area contributed by atoms with E-state index in [9.17, 15) is 15.0 Å². The van der Waals surface area contributed by atoms with Crippen molar-refractivity contribution in [1.29, 1.82) is 0 Å². The molecule has 3 rings (SSSR count). The molecule has 1 atom stereocenters. The van der Waals surface area contributed by atoms with Crippen LogP contribution in [0.15, 0.2) is 66.9 Å². The number of aromatic nitrogens is 1. The van der Waals surface area contributed by atoms with Crippen LogP contribution in [0.2, 0.25) is 5.15 Å². The zero-order valence-electron chi connectivity index (χ0n) is 16.1. The van der Waals surface area contributed by atoms with Gasteiger partial charge in [0.1, 0.15) is 5.15 Å². The van der Waals surface area contributed by atoms with Gasteiger partial charge in [-0.1, -0.05) is 66.2 Å². The summed E-state index contributed by atoms with van der Waals surface area (Å²) in [5, 5.41) is 24.6. The number of halogens is 1. The van der Waals surface area contributed by atoms with Crippen molar-refractivity contribution in [2.75, 3.05) is 13.1 Å². The van der Waals surface area contributed by atoms with Crippen LogP contribution in [0.1, 0.15) is 27.6 Å². The molecule has 0 aliphatic heterocycles. The molecule has 0 aliphatic rings. The van der Waals surface area contributed by atoms with Gasteiger partial charge in [0.2, 0.25) is 0 Å². The molecule has 0 saturated carbocycles. The molecule has 2 aromatic carbocycles. The minimum Gasteiger partial charge on any atom is -0.545 e. The Kier molecular flexibility index (Phi) is 9.30. The van der Waals surface area contributed by atoms with E-state index in [1.807, 2.05) is 24.3 Å². The number of hydrogen-bond acceptors (Lipinski definition) is 5. The SMILES string of the molecule is O=C([O-])c1ccc(-c2ccc(CCNC[C@H](O)c3ccc(Cl)nc3)cc2)cc1.[Na+]. The maximum Gasteiger partial charge on any atom is 1.00 e. The van der Waals surface area contributed by atoms with E-state index < -0.39 is 12.1 Å². The number of pyridine rings is 1. The van der Waals surface area contributed by atoms with Crippen molar-refractivity contribution in [2.24, 2.45) is 0 Å². The number of carboxylic acid groups (broad SMARTS) is 1. The summed E-state index contributed by atoms with van der Waals surface area (Å²) in [4.78, 5) is 14.8. The Morgan fingerprint density at radius 2 is 1.66 bits per heavy atom. The van der Waals surface area contributed by atoms with Crippen molar-refractivity contribution >= 4 is 17.6 Å². The van der Waals surface area contributed by atoms with Crippen LogP contribution in [0, 0.1) is 0 Å². The summed E-state index contributed by atoms with van der Waals surface area (Å²) < 4.78 is 0. The van der Waals surface area contributed by atoms with E-state index in [0.717, 1.165) is 29.7 Å². The van der Waals surface area contributed by atoms with Crippen molar-refractivity contribution in [3.63, 3.8) is 0 Å². The molecule has 0 saturated heterocycles. The second-order valence-electron chi connectivity index (χ2n) is 6.45. The number of carbonyl (C=O) groups excluding carboxylic acids is 1. The molecular formula is C22H20ClN2NaO3. The first-order valence-corrected chi connectivity index (χ1v) is 9.31. The summed E-state index contributed by atoms with van der Waals surface area (Å²) in [7, 11) is 0. The molecule has 0 amide bonds. The van der Waals surface area contributed by atoms with Crippen molar-refractivity contribution in [2.45, 2.75) is 12.5 Å². The Morgan fingerprint density at radius 1 is 1.03 bits per heavy atom. The Labute approximate surface area is 197 Å². The van der Waals surface area contributed by atoms with Crippen molar-refractivity contribution in [3.05, 3.63) is 88.7 Å². The van der Waals surface area contributed by atoms with Gasteiger partial charge in [-0.2, -0.15) is 0 Å². The number of aromatic carboxylic acids is 1. The number of hydrogen-bond donors (Lipinski definition) is 2. The van der Waals surface area contributed by atoms with Crippen molar-refractivity contribution < 1.29 is 44.6 Å². The van der Waals surface area contributed by atoms with Gasteiger partial charge in [-0.3, -0.25) is 0 Å². The van der Waals surface area contributed by atoms with E-state index in [-0.39, 0.29) is 35.1 Å². The summed E-state index contributed by atoms with van der Waals surface area (Å²) in [5.74, 6) is -1.17. The predicted octanol–water partition coefficient (Wildman–Crippen LogP) is -0.365. The van der Waals surface area contributed by atoms with Gasteiger partial charge < -0.3 is 20.3 Å². The predicted molar refractivity (Wildman–Crippen MR) is 107 cm³/mol. The third-order valence-electron chi connectivity index (χ3n) is 4.47. The average molecular weight is 419 g/mol. The topological polar surface area (TPSA) is 85.3 Å². The van der Waals surface area contributed by atoms with Gasteiger partial charge in [0.15, 0.2) is 0 Å². The van der Waals surface area contributed by atoms with Gasteiger partial charge in [0.05, 0.1) is 12.1 Å². The van der Waals surface area contributed by atoms with Crippen LogP contribution >= 0.6 is 11.6 Å². The van der Waals surface area contributed by atoms with Gasteiger partial charge in [-0.05, 0) is 41.3 Å². The fourth-order valence-electron chi connectivity index (χ4n) is 2.84. The molecule has 2 N–H and O–H groups in total. The first kappa shape index (κ1) is 23.5. The van der Waals surface area contributed by atoms with Crippen LogP contribution in [0.25, 0.3) is 11.1 Å².